The van der Waals surface area contributed by atoms with Crippen molar-refractivity contribution in [3.63, 3.8) is 0 Å². The number of benzene rings is 4. The summed E-state index contributed by atoms with van der Waals surface area (Å²) in [6, 6.07) is 39.0. The van der Waals surface area contributed by atoms with Crippen molar-refractivity contribution in [2.75, 3.05) is 70.0 Å². The second-order valence-electron chi connectivity index (χ2n) is 20.4. The van der Waals surface area contributed by atoms with E-state index in [-0.39, 0.29) is 41.4 Å². The molecule has 0 amide bonds. The van der Waals surface area contributed by atoms with E-state index < -0.39 is 25.8 Å². The van der Waals surface area contributed by atoms with Crippen molar-refractivity contribution in [1.82, 2.24) is 24.8 Å². The third kappa shape index (κ3) is 10.1. The van der Waals surface area contributed by atoms with Gasteiger partial charge < -0.3 is 33.2 Å². The molecule has 2 saturated heterocycles. The number of nitrogens with zero attached hydrogens (tertiary/aromatic N) is 7. The molecule has 7 aromatic rings. The molecule has 0 radical (unpaired) electrons. The van der Waals surface area contributed by atoms with E-state index in [4.69, 9.17) is 43.3 Å². The highest BCUT2D eigenvalue weighted by Gasteiger charge is 2.51. The first-order valence-electron chi connectivity index (χ1n) is 25.0. The Bertz CT molecular complexity index is 2980. The van der Waals surface area contributed by atoms with Crippen LogP contribution < -0.4 is 39.1 Å². The van der Waals surface area contributed by atoms with E-state index in [0.29, 0.717) is 68.5 Å². The van der Waals surface area contributed by atoms with Crippen LogP contribution in [0, 0.1) is 16.3 Å². The third-order valence-corrected chi connectivity index (χ3v) is 21.1. The summed E-state index contributed by atoms with van der Waals surface area (Å²) in [6.07, 6.45) is 1.17. The third-order valence-electron chi connectivity index (χ3n) is 14.7. The van der Waals surface area contributed by atoms with Crippen molar-refractivity contribution in [2.24, 2.45) is 0 Å². The number of fused-ring (bicyclic) bond motifs is 1. The Hall–Kier alpha value is -5.95. The molecule has 2 atom stereocenters. The fraction of sp³-hybridized carbons (Fsp3) is 0.368. The Labute approximate surface area is 441 Å². The summed E-state index contributed by atoms with van der Waals surface area (Å²) < 4.78 is 65.2. The summed E-state index contributed by atoms with van der Waals surface area (Å²) in [5.41, 5.74) is 2.85. The molecule has 0 bridgehead atoms. The second kappa shape index (κ2) is 21.1. The maximum Gasteiger partial charge on any atom is 0.319 e. The molecule has 0 unspecified atom stereocenters. The largest absolute Gasteiger partial charge is 0.497 e. The van der Waals surface area contributed by atoms with Crippen LogP contribution in [0.2, 0.25) is 5.04 Å². The first-order chi connectivity index (χ1) is 35.3. The highest BCUT2D eigenvalue weighted by molar-refractivity contribution is 14.1. The van der Waals surface area contributed by atoms with Gasteiger partial charge in [0.05, 0.1) is 32.9 Å². The van der Waals surface area contributed by atoms with E-state index >= 15 is 8.78 Å². The first-order valence-corrected chi connectivity index (χ1v) is 28.0. The Morgan fingerprint density at radius 3 is 2.05 bits per heavy atom. The fourth-order valence-electron chi connectivity index (χ4n) is 11.0. The fourth-order valence-corrected chi connectivity index (χ4v) is 16.1. The number of hydrogen-bond donors (Lipinski definition) is 0. The van der Waals surface area contributed by atoms with Crippen LogP contribution in [0.4, 0.5) is 20.4 Å². The molecule has 6 heterocycles. The van der Waals surface area contributed by atoms with Crippen LogP contribution in [0.1, 0.15) is 56.7 Å². The second-order valence-corrected chi connectivity index (χ2v) is 25.7. The average Bonchev–Trinajstić information content (AvgIpc) is 3.87. The smallest absolute Gasteiger partial charge is 0.319 e. The lowest BCUT2D eigenvalue weighted by Crippen LogP contribution is -2.67. The van der Waals surface area contributed by atoms with Crippen LogP contribution in [-0.4, -0.2) is 105 Å². The van der Waals surface area contributed by atoms with Gasteiger partial charge in [0.2, 0.25) is 5.88 Å². The minimum absolute atomic E-state index is 0.00128. The van der Waals surface area contributed by atoms with E-state index in [0.717, 1.165) is 51.1 Å². The van der Waals surface area contributed by atoms with E-state index in [1.54, 1.807) is 14.2 Å². The predicted molar refractivity (Wildman–Crippen MR) is 294 cm³/mol. The Morgan fingerprint density at radius 1 is 0.822 bits per heavy atom. The molecular formula is C57H62F2IN7O5Si. The van der Waals surface area contributed by atoms with E-state index in [1.165, 1.54) is 10.4 Å². The first kappa shape index (κ1) is 50.6. The van der Waals surface area contributed by atoms with Gasteiger partial charge in [-0.1, -0.05) is 106 Å². The van der Waals surface area contributed by atoms with Gasteiger partial charge in [-0.3, -0.25) is 4.90 Å². The zero-order valence-corrected chi connectivity index (χ0v) is 45.5. The van der Waals surface area contributed by atoms with Crippen LogP contribution >= 0.6 is 22.6 Å². The van der Waals surface area contributed by atoms with Crippen LogP contribution in [-0.2, 0) is 17.5 Å². The minimum atomic E-state index is -2.91. The van der Waals surface area contributed by atoms with Crippen molar-refractivity contribution in [3.05, 3.63) is 141 Å². The molecule has 4 aromatic carbocycles. The number of hydrogen-bond acceptors (Lipinski definition) is 12. The summed E-state index contributed by atoms with van der Waals surface area (Å²) >= 11 is 2.23. The summed E-state index contributed by atoms with van der Waals surface area (Å²) in [5.74, 6) is 2.12. The number of ether oxygens (including phenoxy) is 4. The number of aromatic nitrogens is 4. The van der Waals surface area contributed by atoms with Crippen LogP contribution in [0.3, 0.4) is 0 Å². The molecule has 0 aliphatic carbocycles. The van der Waals surface area contributed by atoms with Gasteiger partial charge in [-0.05, 0) is 111 Å². The molecule has 16 heteroatoms. The molecule has 0 spiro atoms. The molecule has 380 valence electrons. The van der Waals surface area contributed by atoms with Crippen LogP contribution in [0.15, 0.2) is 115 Å². The van der Waals surface area contributed by atoms with Gasteiger partial charge in [0, 0.05) is 36.2 Å². The lowest BCUT2D eigenvalue weighted by molar-refractivity contribution is 0.107. The van der Waals surface area contributed by atoms with Gasteiger partial charge in [-0.15, -0.1) is 0 Å². The highest BCUT2D eigenvalue weighted by Crippen LogP contribution is 2.44. The number of anilines is 2. The molecule has 3 aromatic heterocycles. The zero-order chi connectivity index (χ0) is 50.9. The normalized spacial score (nSPS) is 17.8. The van der Waals surface area contributed by atoms with Crippen molar-refractivity contribution in [3.8, 4) is 34.8 Å². The Kier molecular flexibility index (Phi) is 14.6. The summed E-state index contributed by atoms with van der Waals surface area (Å²) in [7, 11) is 0.387. The standard InChI is InChI=1S/C57H62F2IN7O5Si/c1-38-32-46(66(34-39-18-22-42(68-5)23-19-39)35-40-20-24-43(69-6)25-21-40)61-52(49(38)60)51-48(59)50-47-53(64-55(63-50)71-37-57-26-13-27-67(57)36-41(58)33-57)65(28-30-70-54(47)62-51)29-31-72-73(56(2,3)4,44-14-9-7-10-15-44)45-16-11-8-12-17-45/h7-12,14-25,32,41H,13,26-31,33-37H2,1-6H3/t41-,57+/m1/s1. The van der Waals surface area contributed by atoms with Crippen molar-refractivity contribution >= 4 is 63.8 Å². The number of rotatable bonds is 17. The molecule has 12 nitrogen and oxygen atoms in total. The summed E-state index contributed by atoms with van der Waals surface area (Å²) in [4.78, 5) is 26.6. The maximum absolute atomic E-state index is 18.1. The van der Waals surface area contributed by atoms with Gasteiger partial charge in [-0.2, -0.15) is 9.97 Å². The molecular weight excluding hydrogens is 1060 g/mol. The minimum Gasteiger partial charge on any atom is -0.497 e. The van der Waals surface area contributed by atoms with Gasteiger partial charge in [0.15, 0.2) is 5.82 Å². The molecule has 3 aliphatic heterocycles. The predicted octanol–water partition coefficient (Wildman–Crippen LogP) is 10.1. The van der Waals surface area contributed by atoms with Gasteiger partial charge >= 0.3 is 6.01 Å². The topological polar surface area (TPSA) is 107 Å². The number of alkyl halides is 1. The lowest BCUT2D eigenvalue weighted by Gasteiger charge is -2.43. The van der Waals surface area contributed by atoms with Crippen molar-refractivity contribution < 1.29 is 32.2 Å². The van der Waals surface area contributed by atoms with Crippen molar-refractivity contribution in [2.45, 2.75) is 76.8 Å². The summed E-state index contributed by atoms with van der Waals surface area (Å²) in [5, 5.41) is 2.44. The van der Waals surface area contributed by atoms with Crippen LogP contribution in [0.5, 0.6) is 23.4 Å². The SMILES string of the molecule is COc1ccc(CN(Cc2ccc(OC)cc2)c2cc(C)c(I)c(-c3nc4c5c(nc(OC[C@@]67CCCN6C[C@H](F)C7)nc5c3F)N(CCO[Si](c3ccccc3)(c3ccccc3)C(C)(C)C)CCO4)n2)cc1. The Morgan fingerprint density at radius 2 is 1.45 bits per heavy atom. The van der Waals surface area contributed by atoms with Gasteiger partial charge in [0.1, 0.15) is 64.8 Å². The summed E-state index contributed by atoms with van der Waals surface area (Å²) in [6.45, 7) is 12.5. The number of methoxy groups -OCH3 is 2. The molecule has 10 rings (SSSR count). The van der Waals surface area contributed by atoms with Gasteiger partial charge in [0.25, 0.3) is 8.32 Å². The quantitative estimate of drug-likeness (QED) is 0.0640. The lowest BCUT2D eigenvalue weighted by atomic mass is 9.95. The molecule has 3 aliphatic rings. The molecule has 2 fully saturated rings. The molecule has 0 N–H and O–H groups in total. The molecule has 73 heavy (non-hydrogen) atoms. The van der Waals surface area contributed by atoms with E-state index in [1.807, 2.05) is 73.7 Å². The van der Waals surface area contributed by atoms with Gasteiger partial charge in [-0.25, -0.2) is 18.7 Å². The number of pyridine rings is 2. The van der Waals surface area contributed by atoms with Crippen LogP contribution in [0.25, 0.3) is 22.3 Å². The average molecular weight is 1120 g/mol. The maximum atomic E-state index is 18.1. The Balaban J connectivity index is 1.06. The number of halogens is 3. The highest BCUT2D eigenvalue weighted by atomic mass is 127. The van der Waals surface area contributed by atoms with E-state index in [9.17, 15) is 0 Å². The monoisotopic (exact) mass is 1120 g/mol. The molecule has 0 saturated carbocycles. The zero-order valence-electron chi connectivity index (χ0n) is 42.3. The number of aryl methyl sites for hydroxylation is 1. The van der Waals surface area contributed by atoms with Crippen molar-refractivity contribution in [1.29, 1.82) is 0 Å². The van der Waals surface area contributed by atoms with E-state index in [2.05, 4.69) is 107 Å².